The third-order valence-corrected chi connectivity index (χ3v) is 11.3. The number of para-hydroxylation sites is 2. The molecule has 0 bridgehead atoms. The molecule has 8 aromatic rings. The molecule has 59 heavy (non-hydrogen) atoms. The number of aromatic nitrogens is 2. The first-order valence-electron chi connectivity index (χ1n) is 18.7. The lowest BCUT2D eigenvalue weighted by Gasteiger charge is -2.27. The van der Waals surface area contributed by atoms with Crippen LogP contribution in [-0.4, -0.2) is 56.1 Å². The number of hydrogen-bond donors (Lipinski definition) is 8. The number of nitrogens with zero attached hydrogens (tertiary/aromatic N) is 3. The number of aliphatic hydroxyl groups is 4. The minimum Gasteiger partial charge on any atom is -0.506 e. The second kappa shape index (κ2) is 13.1. The van der Waals surface area contributed by atoms with Crippen LogP contribution in [0.2, 0.25) is 0 Å². The molecule has 0 saturated heterocycles. The Balaban J connectivity index is 1.11. The van der Waals surface area contributed by atoms with Gasteiger partial charge in [-0.1, -0.05) is 79.4 Å². The quantitative estimate of drug-likeness (QED) is 0.0639. The van der Waals surface area contributed by atoms with Gasteiger partial charge in [-0.15, -0.1) is 0 Å². The lowest BCUT2D eigenvalue weighted by molar-refractivity contribution is 0.0130. The van der Waals surface area contributed by atoms with Crippen molar-refractivity contribution >= 4 is 55.4 Å². The van der Waals surface area contributed by atoms with Gasteiger partial charge in [-0.25, -0.2) is 0 Å². The molecule has 3 heterocycles. The van der Waals surface area contributed by atoms with E-state index in [0.717, 1.165) is 44.7 Å². The van der Waals surface area contributed by atoms with Crippen molar-refractivity contribution in [3.8, 4) is 45.5 Å². The van der Waals surface area contributed by atoms with Crippen molar-refractivity contribution in [2.45, 2.75) is 12.2 Å². The monoisotopic (exact) mass is 781 g/mol. The van der Waals surface area contributed by atoms with Crippen LogP contribution in [0.1, 0.15) is 22.9 Å². The van der Waals surface area contributed by atoms with Gasteiger partial charge in [0.05, 0.1) is 27.8 Å². The largest absolute Gasteiger partial charge is 0.506 e. The molecule has 2 aromatic heterocycles. The van der Waals surface area contributed by atoms with Gasteiger partial charge >= 0.3 is 0 Å². The van der Waals surface area contributed by atoms with E-state index in [2.05, 4.69) is 77.9 Å². The van der Waals surface area contributed by atoms with Crippen molar-refractivity contribution in [2.24, 2.45) is 0 Å². The molecule has 11 nitrogen and oxygen atoms in total. The zero-order chi connectivity index (χ0) is 40.9. The molecular weight excluding hydrogens is 747 g/mol. The standard InChI is InChI=1S/C48H35N3O8/c1-25-10-6-7-21-49(28-12-9-14-30(24-28)51-39-37(41(52)45(56)47(58)43(39)54)38-40(51)44(55)48(59)46(57)42(38)53)34-20-19-27(23-33(25)34)26-11-8-13-29(22-26)50-35-17-4-2-15-31(35)32-16-3-5-18-36(32)50/h2-24,41,45,52-59H,1H2/b10-6-,21-7-. The highest BCUT2D eigenvalue weighted by Crippen LogP contribution is 2.55. The summed E-state index contributed by atoms with van der Waals surface area (Å²) in [4.78, 5) is 1.93. The van der Waals surface area contributed by atoms with Crippen molar-refractivity contribution in [2.75, 3.05) is 4.90 Å². The molecule has 0 radical (unpaired) electrons. The number of hydrogen-bond acceptors (Lipinski definition) is 9. The molecule has 2 atom stereocenters. The molecule has 11 heteroatoms. The minimum absolute atomic E-state index is 0.251. The van der Waals surface area contributed by atoms with Crippen molar-refractivity contribution in [1.82, 2.24) is 9.13 Å². The molecule has 1 aliphatic heterocycles. The Kier molecular flexibility index (Phi) is 7.89. The van der Waals surface area contributed by atoms with Gasteiger partial charge in [-0.3, -0.25) is 0 Å². The van der Waals surface area contributed by atoms with Gasteiger partial charge in [-0.05, 0) is 77.4 Å². The third kappa shape index (κ3) is 5.15. The molecule has 8 N–H and O–H groups in total. The third-order valence-electron chi connectivity index (χ3n) is 11.3. The van der Waals surface area contributed by atoms with Crippen LogP contribution in [0.3, 0.4) is 0 Å². The number of aromatic hydroxyl groups is 4. The summed E-state index contributed by atoms with van der Waals surface area (Å²) in [5, 5.41) is 88.9. The second-order valence-electron chi connectivity index (χ2n) is 14.6. The van der Waals surface area contributed by atoms with E-state index in [1.165, 1.54) is 15.3 Å². The van der Waals surface area contributed by atoms with Crippen LogP contribution in [0, 0.1) is 0 Å². The van der Waals surface area contributed by atoms with E-state index in [-0.39, 0.29) is 27.8 Å². The summed E-state index contributed by atoms with van der Waals surface area (Å²) < 4.78 is 3.50. The average Bonchev–Trinajstić information content (AvgIpc) is 3.80. The molecule has 6 aromatic carbocycles. The van der Waals surface area contributed by atoms with E-state index < -0.39 is 46.7 Å². The molecule has 2 unspecified atom stereocenters. The fraction of sp³-hybridized carbons (Fsp3) is 0.0417. The lowest BCUT2D eigenvalue weighted by Crippen LogP contribution is -2.27. The van der Waals surface area contributed by atoms with E-state index >= 15 is 0 Å². The van der Waals surface area contributed by atoms with Gasteiger partial charge in [0, 0.05) is 45.2 Å². The number of anilines is 2. The molecule has 2 aliphatic rings. The number of allylic oxidation sites excluding steroid dienone is 4. The van der Waals surface area contributed by atoms with Gasteiger partial charge in [0.25, 0.3) is 0 Å². The number of phenols is 4. The maximum absolute atomic E-state index is 11.2. The van der Waals surface area contributed by atoms with Crippen LogP contribution in [0.5, 0.6) is 23.0 Å². The first-order valence-corrected chi connectivity index (χ1v) is 18.7. The summed E-state index contributed by atoms with van der Waals surface area (Å²) in [5.41, 5.74) is 7.54. The number of aliphatic hydroxyl groups excluding tert-OH is 4. The molecule has 0 amide bonds. The summed E-state index contributed by atoms with van der Waals surface area (Å²) in [6, 6.07) is 38.1. The van der Waals surface area contributed by atoms with Gasteiger partial charge in [-0.2, -0.15) is 0 Å². The topological polar surface area (TPSA) is 175 Å². The smallest absolute Gasteiger partial charge is 0.206 e. The van der Waals surface area contributed by atoms with Crippen LogP contribution in [0.4, 0.5) is 11.4 Å². The highest BCUT2D eigenvalue weighted by atomic mass is 16.4. The van der Waals surface area contributed by atoms with Crippen molar-refractivity contribution in [3.63, 3.8) is 0 Å². The van der Waals surface area contributed by atoms with Crippen LogP contribution < -0.4 is 4.90 Å². The van der Waals surface area contributed by atoms with E-state index in [4.69, 9.17) is 0 Å². The van der Waals surface area contributed by atoms with Gasteiger partial charge in [0.1, 0.15) is 17.7 Å². The van der Waals surface area contributed by atoms with Crippen LogP contribution in [-0.2, 0) is 0 Å². The SMILES string of the molecule is C=C1/C=C\C=C/N(c2cccc(-n3c4c(c5c(O)c(O)c(O)c(O)c53)C(O)C(O)C(O)=C4O)c2)c2ccc(-c3cccc(-n4c5ccccc5c5ccccc54)c3)cc21. The van der Waals surface area contributed by atoms with E-state index in [9.17, 15) is 40.9 Å². The molecule has 0 saturated carbocycles. The number of benzene rings is 6. The van der Waals surface area contributed by atoms with Crippen molar-refractivity contribution in [3.05, 3.63) is 169 Å². The van der Waals surface area contributed by atoms with Gasteiger partial charge < -0.3 is 54.9 Å². The fourth-order valence-corrected chi connectivity index (χ4v) is 8.55. The maximum Gasteiger partial charge on any atom is 0.206 e. The summed E-state index contributed by atoms with van der Waals surface area (Å²) in [5.74, 6) is -5.70. The van der Waals surface area contributed by atoms with Gasteiger partial charge in [0.2, 0.25) is 11.5 Å². The van der Waals surface area contributed by atoms with Crippen molar-refractivity contribution in [1.29, 1.82) is 0 Å². The van der Waals surface area contributed by atoms with Crippen LogP contribution >= 0.6 is 0 Å². The Morgan fingerprint density at radius 2 is 1.17 bits per heavy atom. The fourth-order valence-electron chi connectivity index (χ4n) is 8.55. The Morgan fingerprint density at radius 3 is 1.90 bits per heavy atom. The first-order chi connectivity index (χ1) is 28.5. The van der Waals surface area contributed by atoms with E-state index in [1.807, 2.05) is 59.7 Å². The predicted molar refractivity (Wildman–Crippen MR) is 229 cm³/mol. The average molecular weight is 782 g/mol. The predicted octanol–water partition coefficient (Wildman–Crippen LogP) is 9.64. The normalized spacial score (nSPS) is 17.6. The zero-order valence-electron chi connectivity index (χ0n) is 31.1. The maximum atomic E-state index is 11.2. The molecule has 0 fully saturated rings. The molecule has 0 spiro atoms. The van der Waals surface area contributed by atoms with Crippen LogP contribution in [0.25, 0.3) is 66.5 Å². The second-order valence-corrected chi connectivity index (χ2v) is 14.6. The Morgan fingerprint density at radius 1 is 0.542 bits per heavy atom. The number of phenolic OH excluding ortho intramolecular Hbond substituents is 4. The van der Waals surface area contributed by atoms with Gasteiger partial charge in [0.15, 0.2) is 23.0 Å². The number of fused-ring (bicyclic) bond motifs is 7. The first kappa shape index (κ1) is 35.5. The summed E-state index contributed by atoms with van der Waals surface area (Å²) in [7, 11) is 0. The Labute approximate surface area is 336 Å². The summed E-state index contributed by atoms with van der Waals surface area (Å²) >= 11 is 0. The molecular formula is C48H35N3O8. The Hall–Kier alpha value is -7.86. The minimum atomic E-state index is -1.99. The molecule has 10 rings (SSSR count). The summed E-state index contributed by atoms with van der Waals surface area (Å²) in [6.07, 6.45) is 3.63. The number of rotatable bonds is 4. The molecule has 1 aliphatic carbocycles. The zero-order valence-corrected chi connectivity index (χ0v) is 31.1. The summed E-state index contributed by atoms with van der Waals surface area (Å²) in [6.45, 7) is 4.40. The lowest BCUT2D eigenvalue weighted by atomic mass is 9.92. The van der Waals surface area contributed by atoms with E-state index in [0.29, 0.717) is 5.69 Å². The van der Waals surface area contributed by atoms with Crippen LogP contribution in [0.15, 0.2) is 152 Å². The molecule has 290 valence electrons. The Bertz CT molecular complexity index is 3150. The van der Waals surface area contributed by atoms with Crippen molar-refractivity contribution < 1.29 is 40.9 Å². The highest BCUT2D eigenvalue weighted by molar-refractivity contribution is 6.09. The van der Waals surface area contributed by atoms with E-state index in [1.54, 1.807) is 18.2 Å². The highest BCUT2D eigenvalue weighted by Gasteiger charge is 2.41.